The van der Waals surface area contributed by atoms with Gasteiger partial charge in [-0.25, -0.2) is 0 Å². The lowest BCUT2D eigenvalue weighted by molar-refractivity contribution is -0.192. The van der Waals surface area contributed by atoms with Crippen LogP contribution in [0.25, 0.3) is 0 Å². The summed E-state index contributed by atoms with van der Waals surface area (Å²) >= 11 is 0. The van der Waals surface area contributed by atoms with E-state index in [-0.39, 0.29) is 0 Å². The molecule has 0 radical (unpaired) electrons. The molecule has 1 aliphatic rings. The molecule has 112 valence electrons. The smallest absolute Gasteiger partial charge is 0.403 e. The third-order valence-corrected chi connectivity index (χ3v) is 4.02. The molecule has 6 heteroatoms. The molecule has 2 N–H and O–H groups in total. The third kappa shape index (κ3) is 5.38. The van der Waals surface area contributed by atoms with Gasteiger partial charge < -0.3 is 10.4 Å². The second-order valence-electron chi connectivity index (χ2n) is 5.39. The Morgan fingerprint density at radius 2 is 1.79 bits per heavy atom. The molecule has 0 aromatic carbocycles. The van der Waals surface area contributed by atoms with Crippen LogP contribution in [0.1, 0.15) is 39.0 Å². The van der Waals surface area contributed by atoms with Crippen LogP contribution in [0.2, 0.25) is 0 Å². The second kappa shape index (κ2) is 7.12. The molecule has 19 heavy (non-hydrogen) atoms. The molecular weight excluding hydrogens is 259 g/mol. The number of carboxylic acids is 1. The van der Waals surface area contributed by atoms with Gasteiger partial charge >= 0.3 is 12.1 Å². The van der Waals surface area contributed by atoms with Crippen LogP contribution in [0.4, 0.5) is 13.2 Å². The van der Waals surface area contributed by atoms with Gasteiger partial charge in [0, 0.05) is 6.54 Å². The van der Waals surface area contributed by atoms with E-state index < -0.39 is 24.6 Å². The van der Waals surface area contributed by atoms with E-state index in [1.807, 2.05) is 0 Å². The lowest BCUT2D eigenvalue weighted by Crippen LogP contribution is -2.40. The molecule has 0 aromatic rings. The van der Waals surface area contributed by atoms with Crippen LogP contribution >= 0.6 is 0 Å². The molecule has 0 heterocycles. The van der Waals surface area contributed by atoms with Crippen LogP contribution in [-0.4, -0.2) is 30.3 Å². The summed E-state index contributed by atoms with van der Waals surface area (Å²) in [6.45, 7) is 2.10. The summed E-state index contributed by atoms with van der Waals surface area (Å²) in [6.07, 6.45) is 0.785. The zero-order valence-electron chi connectivity index (χ0n) is 11.2. The number of hydrogen-bond donors (Lipinski definition) is 2. The Morgan fingerprint density at radius 1 is 1.26 bits per heavy atom. The van der Waals surface area contributed by atoms with Gasteiger partial charge in [-0.2, -0.15) is 13.2 Å². The highest BCUT2D eigenvalue weighted by atomic mass is 19.4. The van der Waals surface area contributed by atoms with Crippen LogP contribution in [0.3, 0.4) is 0 Å². The van der Waals surface area contributed by atoms with Crippen molar-refractivity contribution < 1.29 is 23.1 Å². The minimum Gasteiger partial charge on any atom is -0.481 e. The number of hydrogen-bond acceptors (Lipinski definition) is 2. The Hall–Kier alpha value is -0.780. The van der Waals surface area contributed by atoms with Gasteiger partial charge in [-0.15, -0.1) is 0 Å². The van der Waals surface area contributed by atoms with Crippen molar-refractivity contribution in [2.45, 2.75) is 45.2 Å². The average molecular weight is 281 g/mol. The highest BCUT2D eigenvalue weighted by molar-refractivity contribution is 5.71. The summed E-state index contributed by atoms with van der Waals surface area (Å²) in [5.41, 5.74) is 0. The molecule has 0 bridgehead atoms. The Labute approximate surface area is 111 Å². The maximum Gasteiger partial charge on any atom is 0.403 e. The first-order valence-corrected chi connectivity index (χ1v) is 6.84. The first-order chi connectivity index (χ1) is 8.84. The van der Waals surface area contributed by atoms with Crippen molar-refractivity contribution in [3.63, 3.8) is 0 Å². The van der Waals surface area contributed by atoms with Crippen LogP contribution in [-0.2, 0) is 4.79 Å². The number of carboxylic acid groups (broad SMARTS) is 1. The van der Waals surface area contributed by atoms with Crippen molar-refractivity contribution in [3.05, 3.63) is 0 Å². The minimum atomic E-state index is -4.68. The number of rotatable bonds is 6. The minimum absolute atomic E-state index is 0.380. The van der Waals surface area contributed by atoms with Crippen molar-refractivity contribution in [1.82, 2.24) is 5.32 Å². The summed E-state index contributed by atoms with van der Waals surface area (Å²) < 4.78 is 37.2. The molecule has 0 saturated heterocycles. The zero-order valence-corrected chi connectivity index (χ0v) is 11.2. The molecule has 1 atom stereocenters. The van der Waals surface area contributed by atoms with Gasteiger partial charge in [0.1, 0.15) is 0 Å². The first kappa shape index (κ1) is 16.3. The van der Waals surface area contributed by atoms with E-state index in [9.17, 15) is 18.0 Å². The number of aliphatic carboxylic acids is 1. The Kier molecular flexibility index (Phi) is 6.10. The van der Waals surface area contributed by atoms with Crippen molar-refractivity contribution in [3.8, 4) is 0 Å². The third-order valence-electron chi connectivity index (χ3n) is 4.02. The summed E-state index contributed by atoms with van der Waals surface area (Å²) in [7, 11) is 0. The molecule has 1 unspecified atom stereocenters. The Bertz CT molecular complexity index is 286. The number of halogens is 3. The zero-order chi connectivity index (χ0) is 14.5. The van der Waals surface area contributed by atoms with E-state index in [1.165, 1.54) is 0 Å². The van der Waals surface area contributed by atoms with Crippen LogP contribution in [0, 0.1) is 17.8 Å². The molecule has 0 aliphatic heterocycles. The lowest BCUT2D eigenvalue weighted by atomic mass is 9.81. The largest absolute Gasteiger partial charge is 0.481 e. The van der Waals surface area contributed by atoms with Gasteiger partial charge in [0.25, 0.3) is 0 Å². The highest BCUT2D eigenvalue weighted by Crippen LogP contribution is 2.30. The fourth-order valence-electron chi connectivity index (χ4n) is 2.62. The first-order valence-electron chi connectivity index (χ1n) is 6.84. The van der Waals surface area contributed by atoms with Gasteiger partial charge in [-0.05, 0) is 31.2 Å². The Balaban J connectivity index is 2.28. The molecule has 3 nitrogen and oxygen atoms in total. The van der Waals surface area contributed by atoms with Crippen LogP contribution < -0.4 is 5.32 Å². The molecular formula is C13H22F3NO2. The van der Waals surface area contributed by atoms with Gasteiger partial charge in [-0.1, -0.05) is 26.2 Å². The predicted octanol–water partition coefficient (Wildman–Crippen LogP) is 3.06. The normalized spacial score (nSPS) is 26.1. The van der Waals surface area contributed by atoms with Crippen LogP contribution in [0.5, 0.6) is 0 Å². The van der Waals surface area contributed by atoms with Crippen molar-refractivity contribution in [2.75, 3.05) is 13.1 Å². The quantitative estimate of drug-likeness (QED) is 0.786. The maximum absolute atomic E-state index is 12.4. The van der Waals surface area contributed by atoms with E-state index in [0.717, 1.165) is 38.0 Å². The van der Waals surface area contributed by atoms with Gasteiger partial charge in [0.2, 0.25) is 0 Å². The summed E-state index contributed by atoms with van der Waals surface area (Å²) in [6, 6.07) is 0. The lowest BCUT2D eigenvalue weighted by Gasteiger charge is -2.28. The number of nitrogens with one attached hydrogen (secondary N) is 1. The molecule has 0 spiro atoms. The van der Waals surface area contributed by atoms with E-state index in [2.05, 4.69) is 12.2 Å². The van der Waals surface area contributed by atoms with Gasteiger partial charge in [0.05, 0.1) is 0 Å². The van der Waals surface area contributed by atoms with E-state index in [4.69, 9.17) is 5.11 Å². The second-order valence-corrected chi connectivity index (χ2v) is 5.39. The number of alkyl halides is 3. The van der Waals surface area contributed by atoms with Crippen LogP contribution in [0.15, 0.2) is 0 Å². The molecule has 0 aromatic heterocycles. The van der Waals surface area contributed by atoms with E-state index in [0.29, 0.717) is 12.5 Å². The van der Waals surface area contributed by atoms with Crippen molar-refractivity contribution >= 4 is 5.97 Å². The van der Waals surface area contributed by atoms with Gasteiger partial charge in [-0.3, -0.25) is 4.79 Å². The molecule has 1 rings (SSSR count). The highest BCUT2D eigenvalue weighted by Gasteiger charge is 2.44. The SMILES string of the molecule is CCC1CCC(CNCC(C(=O)O)C(F)(F)F)CC1. The maximum atomic E-state index is 12.4. The Morgan fingerprint density at radius 3 is 2.21 bits per heavy atom. The fourth-order valence-corrected chi connectivity index (χ4v) is 2.62. The summed E-state index contributed by atoms with van der Waals surface area (Å²) in [5, 5.41) is 11.2. The van der Waals surface area contributed by atoms with Crippen molar-refractivity contribution in [1.29, 1.82) is 0 Å². The monoisotopic (exact) mass is 281 g/mol. The number of carbonyl (C=O) groups is 1. The van der Waals surface area contributed by atoms with Gasteiger partial charge in [0.15, 0.2) is 5.92 Å². The molecule has 1 aliphatic carbocycles. The molecule has 1 saturated carbocycles. The fraction of sp³-hybridized carbons (Fsp3) is 0.923. The van der Waals surface area contributed by atoms with Crippen molar-refractivity contribution in [2.24, 2.45) is 17.8 Å². The molecule has 1 fully saturated rings. The predicted molar refractivity (Wildman–Crippen MR) is 65.8 cm³/mol. The van der Waals surface area contributed by atoms with E-state index in [1.54, 1.807) is 0 Å². The summed E-state index contributed by atoms with van der Waals surface area (Å²) in [4.78, 5) is 10.6. The standard InChI is InChI=1S/C13H22F3NO2/c1-2-9-3-5-10(6-4-9)7-17-8-11(12(18)19)13(14,15)16/h9-11,17H,2-8H2,1H3,(H,18,19). The summed E-state index contributed by atoms with van der Waals surface area (Å²) in [5.74, 6) is -2.99. The van der Waals surface area contributed by atoms with E-state index >= 15 is 0 Å². The average Bonchev–Trinajstić information content (AvgIpc) is 2.33. The topological polar surface area (TPSA) is 49.3 Å². The molecule has 0 amide bonds.